The van der Waals surface area contributed by atoms with Gasteiger partial charge in [0.25, 0.3) is 0 Å². The van der Waals surface area contributed by atoms with Crippen molar-refractivity contribution in [2.45, 2.75) is 0 Å². The molecule has 0 N–H and O–H groups in total. The monoisotopic (exact) mass is 1800 g/mol. The van der Waals surface area contributed by atoms with Gasteiger partial charge in [-0.25, -0.2) is 29.9 Å². The van der Waals surface area contributed by atoms with Crippen molar-refractivity contribution in [3.8, 4) is 44.8 Å². The Morgan fingerprint density at radius 3 is 0.830 bits per heavy atom. The van der Waals surface area contributed by atoms with Crippen LogP contribution in [0.15, 0.2) is 424 Å². The zero-order valence-electron chi connectivity index (χ0n) is 74.7. The Morgan fingerprint density at radius 2 is 0.418 bits per heavy atom. The van der Waals surface area contributed by atoms with Crippen molar-refractivity contribution >= 4 is 280 Å². The minimum absolute atomic E-state index is 0.870. The lowest BCUT2D eigenvalue weighted by Crippen LogP contribution is -1.93. The number of rotatable bonds is 5. The lowest BCUT2D eigenvalue weighted by Gasteiger charge is -2.09. The van der Waals surface area contributed by atoms with Crippen molar-refractivity contribution in [1.82, 2.24) is 52.2 Å². The van der Waals surface area contributed by atoms with Gasteiger partial charge in [-0.3, -0.25) is 13.2 Å². The molecule has 15 nitrogen and oxygen atoms in total. The van der Waals surface area contributed by atoms with E-state index in [0.29, 0.717) is 0 Å². The lowest BCUT2D eigenvalue weighted by atomic mass is 9.98. The second-order valence-electron chi connectivity index (χ2n) is 37.5. The highest BCUT2D eigenvalue weighted by Gasteiger charge is 2.30. The molecule has 0 saturated carbocycles. The lowest BCUT2D eigenvalue weighted by molar-refractivity contribution is 0.668. The molecule has 141 heavy (non-hydrogen) atoms. The second-order valence-corrected chi connectivity index (χ2v) is 37.5. The highest BCUT2D eigenvalue weighted by atomic mass is 16.3. The number of nitrogens with zero attached hydrogens (tertiary/aromatic N) is 11. The Hall–Kier alpha value is -19.4. The van der Waals surface area contributed by atoms with E-state index in [4.69, 9.17) is 47.6 Å². The van der Waals surface area contributed by atoms with Crippen LogP contribution in [0.5, 0.6) is 0 Å². The summed E-state index contributed by atoms with van der Waals surface area (Å²) in [6, 6.07) is 144. The molecule has 0 aliphatic heterocycles. The molecule has 15 heteroatoms. The summed E-state index contributed by atoms with van der Waals surface area (Å²) in [7, 11) is 0. The van der Waals surface area contributed by atoms with E-state index in [-0.39, 0.29) is 0 Å². The molecule has 0 aliphatic carbocycles. The molecule has 35 rings (SSSR count). The van der Waals surface area contributed by atoms with Gasteiger partial charge in [0.1, 0.15) is 61.2 Å². The number of fused-ring (bicyclic) bond motifs is 39. The predicted molar refractivity (Wildman–Crippen MR) is 577 cm³/mol. The third-order valence-electron chi connectivity index (χ3n) is 29.9. The fourth-order valence-corrected chi connectivity index (χ4v) is 23.7. The molecular weight excluding hydrogens is 1730 g/mol. The molecule has 650 valence electrons. The number of aromatic nitrogens is 11. The smallest absolute Gasteiger partial charge is 0.165 e. The molecule has 15 heterocycles. The molecule has 0 atom stereocenters. The molecule has 0 spiro atoms. The molecule has 0 aliphatic rings. The summed E-state index contributed by atoms with van der Waals surface area (Å²) in [5.41, 5.74) is 38.5. The van der Waals surface area contributed by atoms with Crippen LogP contribution >= 0.6 is 0 Å². The summed E-state index contributed by atoms with van der Waals surface area (Å²) in [5.74, 6) is 0. The van der Waals surface area contributed by atoms with Crippen LogP contribution in [-0.2, 0) is 0 Å². The summed E-state index contributed by atoms with van der Waals surface area (Å²) in [6.07, 6.45) is 0. The molecule has 15 aromatic heterocycles. The van der Waals surface area contributed by atoms with Gasteiger partial charge in [0, 0.05) is 124 Å². The molecule has 35 aromatic rings. The fourth-order valence-electron chi connectivity index (χ4n) is 23.7. The number of para-hydroxylation sites is 14. The summed E-state index contributed by atoms with van der Waals surface area (Å²) < 4.78 is 36.9. The zero-order valence-corrected chi connectivity index (χ0v) is 74.7. The normalized spacial score (nSPS) is 12.5. The minimum Gasteiger partial charge on any atom is -0.456 e. The minimum atomic E-state index is 0.870. The van der Waals surface area contributed by atoms with E-state index in [0.717, 1.165) is 275 Å². The van der Waals surface area contributed by atoms with E-state index in [1.807, 2.05) is 121 Å². The summed E-state index contributed by atoms with van der Waals surface area (Å²) in [6.45, 7) is 0. The van der Waals surface area contributed by atoms with Crippen molar-refractivity contribution in [3.63, 3.8) is 0 Å². The van der Waals surface area contributed by atoms with E-state index < -0.39 is 0 Å². The van der Waals surface area contributed by atoms with E-state index >= 15 is 0 Å². The first-order valence-corrected chi connectivity index (χ1v) is 47.6. The molecule has 0 bridgehead atoms. The number of hydrogen-bond acceptors (Lipinski definition) is 10. The number of hydrogen-bond donors (Lipinski definition) is 0. The van der Waals surface area contributed by atoms with Crippen LogP contribution in [0.1, 0.15) is 0 Å². The average Bonchev–Trinajstić information content (AvgIpc) is 1.53. The highest BCUT2D eigenvalue weighted by molar-refractivity contribution is 6.31. The van der Waals surface area contributed by atoms with Crippen LogP contribution in [0, 0.1) is 0 Å². The Labute approximate surface area is 795 Å². The maximum absolute atomic E-state index is 6.40. The molecular formula is C126H67N11O4. The molecule has 20 aromatic carbocycles. The van der Waals surface area contributed by atoms with Gasteiger partial charge in [0.15, 0.2) is 16.9 Å². The topological polar surface area (TPSA) is 153 Å². The van der Waals surface area contributed by atoms with Crippen LogP contribution in [0.2, 0.25) is 0 Å². The van der Waals surface area contributed by atoms with Gasteiger partial charge in [0.2, 0.25) is 0 Å². The van der Waals surface area contributed by atoms with Crippen molar-refractivity contribution < 1.29 is 17.7 Å². The quantitative estimate of drug-likeness (QED) is 0.163. The fraction of sp³-hybridized carbons (Fsp3) is 0. The van der Waals surface area contributed by atoms with Gasteiger partial charge in [-0.05, 0) is 234 Å². The van der Waals surface area contributed by atoms with Crippen LogP contribution < -0.4 is 0 Å². The van der Waals surface area contributed by atoms with E-state index in [1.54, 1.807) is 0 Å². The van der Waals surface area contributed by atoms with Crippen LogP contribution in [0.25, 0.3) is 324 Å². The molecule has 0 saturated heterocycles. The number of benzene rings is 20. The van der Waals surface area contributed by atoms with Gasteiger partial charge in [-0.2, -0.15) is 0 Å². The third kappa shape index (κ3) is 10.5. The Bertz CT molecular complexity index is 11700. The van der Waals surface area contributed by atoms with Crippen molar-refractivity contribution in [2.75, 3.05) is 0 Å². The SMILES string of the molecule is c1ccc(-n2c3ccccc3c3cc(-c4cc5c6cc7oc8ccccc8c7cc6n6c7nc8ccccc8nc7c(c4)c56)ccc32)cc1.c1ccc(-n2c3ccccc3c3ccc(-c4cc5c6cc7oc8ccccc8c7cc6n6c7nc8ccccc8nc7c(c4)c56)cc32)cc1.c1ccc2nc3c(nc2c1)c1cc(-c2ccc4oc5ccccc5c4c2)cc2c4cc5oc6ccccc6c5cc4n3c21. The standard InChI is InChI=1S/2C44H24N4O.C38H19N3O2/c1-2-10-27(11-3-1)47-37-16-8-4-12-28(37)29-19-18-25(22-38(29)47)26-20-33-31-24-41-32(30-13-5-9-17-40(30)49-41)23-39(31)48-43(33)34(21-26)42-44(48)46-36-15-7-6-14-35(36)45-42;1-2-10-27(11-3-1)47-37-16-8-4-12-28(37)30-20-25(18-19-38(30)47)26-21-33-31-24-41-32(29-13-5-9-17-40(29)49-41)23-39(31)48-43(33)34(22-26)42-44(48)46-36-15-7-6-14-35(36)45-42;1-5-11-32-22(7-1)25-15-20(13-14-34(25)42-32)21-16-27-24-19-35-26(23-8-2-6-12-33(23)43-35)18-31(24)41-37(27)28(17-21)36-38(41)40-30-10-4-3-9-29(30)39-36/h2*1-24H;1-19H. The van der Waals surface area contributed by atoms with Crippen molar-refractivity contribution in [2.24, 2.45) is 0 Å². The maximum Gasteiger partial charge on any atom is 0.165 e. The van der Waals surface area contributed by atoms with Crippen molar-refractivity contribution in [3.05, 3.63) is 406 Å². The van der Waals surface area contributed by atoms with E-state index in [1.165, 1.54) is 49.0 Å². The second kappa shape index (κ2) is 27.7. The summed E-state index contributed by atoms with van der Waals surface area (Å²) in [4.78, 5) is 31.3. The van der Waals surface area contributed by atoms with Gasteiger partial charge in [0.05, 0.1) is 88.3 Å². The zero-order chi connectivity index (χ0) is 91.4. The molecule has 0 fully saturated rings. The predicted octanol–water partition coefficient (Wildman–Crippen LogP) is 33.1. The molecule has 0 unspecified atom stereocenters. The van der Waals surface area contributed by atoms with E-state index in [9.17, 15) is 0 Å². The van der Waals surface area contributed by atoms with Crippen LogP contribution in [-0.4, -0.2) is 52.2 Å². The van der Waals surface area contributed by atoms with Crippen LogP contribution in [0.4, 0.5) is 0 Å². The van der Waals surface area contributed by atoms with Gasteiger partial charge < -0.3 is 26.8 Å². The first-order chi connectivity index (χ1) is 69.8. The first-order valence-electron chi connectivity index (χ1n) is 47.6. The Balaban J connectivity index is 0.0000000939. The van der Waals surface area contributed by atoms with Gasteiger partial charge in [-0.15, -0.1) is 0 Å². The number of furan rings is 4. The summed E-state index contributed by atoms with van der Waals surface area (Å²) >= 11 is 0. The van der Waals surface area contributed by atoms with Crippen molar-refractivity contribution in [1.29, 1.82) is 0 Å². The van der Waals surface area contributed by atoms with Gasteiger partial charge >= 0.3 is 0 Å². The largest absolute Gasteiger partial charge is 0.456 e. The third-order valence-corrected chi connectivity index (χ3v) is 29.9. The first kappa shape index (κ1) is 75.0. The maximum atomic E-state index is 6.40. The van der Waals surface area contributed by atoms with Gasteiger partial charge in [-0.1, -0.05) is 206 Å². The molecule has 0 radical (unpaired) electrons. The average molecular weight is 1800 g/mol. The van der Waals surface area contributed by atoms with E-state index in [2.05, 4.69) is 307 Å². The highest BCUT2D eigenvalue weighted by Crippen LogP contribution is 2.51. The van der Waals surface area contributed by atoms with Crippen LogP contribution in [0.3, 0.4) is 0 Å². The Kier molecular flexibility index (Phi) is 14.7. The molecule has 0 amide bonds. The Morgan fingerprint density at radius 1 is 0.149 bits per heavy atom. The summed E-state index contributed by atoms with van der Waals surface area (Å²) in [5, 5.41) is 24.0.